The fourth-order valence-corrected chi connectivity index (χ4v) is 1.84. The molecule has 0 saturated carbocycles. The van der Waals surface area contributed by atoms with Gasteiger partial charge in [0.05, 0.1) is 17.9 Å². The van der Waals surface area contributed by atoms with E-state index in [-0.39, 0.29) is 0 Å². The molecule has 0 unspecified atom stereocenters. The summed E-state index contributed by atoms with van der Waals surface area (Å²) in [5.41, 5.74) is 6.73. The number of nitrogens with two attached hydrogens (primary N) is 1. The number of anilines is 1. The fraction of sp³-hybridized carbons (Fsp3) is 0.300. The van der Waals surface area contributed by atoms with E-state index < -0.39 is 0 Å². The summed E-state index contributed by atoms with van der Waals surface area (Å²) in [6, 6.07) is 7.49. The van der Waals surface area contributed by atoms with Gasteiger partial charge in [-0.15, -0.1) is 11.8 Å². The molecule has 0 bridgehead atoms. The first kappa shape index (κ1) is 10.9. The minimum Gasteiger partial charge on any atom is -0.398 e. The third-order valence-corrected chi connectivity index (χ3v) is 2.66. The van der Waals surface area contributed by atoms with Crippen molar-refractivity contribution in [2.75, 3.05) is 25.2 Å². The van der Waals surface area contributed by atoms with Gasteiger partial charge in [-0.05, 0) is 18.2 Å². The van der Waals surface area contributed by atoms with E-state index in [0.29, 0.717) is 17.9 Å². The van der Waals surface area contributed by atoms with Crippen LogP contribution >= 0.6 is 11.8 Å². The zero-order chi connectivity index (χ0) is 10.4. The third kappa shape index (κ3) is 2.95. The van der Waals surface area contributed by atoms with Crippen LogP contribution in [0.5, 0.6) is 0 Å². The molecule has 3 nitrogen and oxygen atoms in total. The summed E-state index contributed by atoms with van der Waals surface area (Å²) in [7, 11) is 1.67. The van der Waals surface area contributed by atoms with Gasteiger partial charge in [0.1, 0.15) is 6.07 Å². The molecule has 2 N–H and O–H groups in total. The van der Waals surface area contributed by atoms with Gasteiger partial charge in [0.2, 0.25) is 0 Å². The predicted molar refractivity (Wildman–Crippen MR) is 58.2 cm³/mol. The molecule has 0 saturated heterocycles. The highest BCUT2D eigenvalue weighted by atomic mass is 32.2. The molecular formula is C10H12N2OS. The molecule has 0 aromatic heterocycles. The van der Waals surface area contributed by atoms with Gasteiger partial charge in [-0.2, -0.15) is 5.26 Å². The number of benzene rings is 1. The van der Waals surface area contributed by atoms with E-state index >= 15 is 0 Å². The number of rotatable bonds is 4. The first-order valence-corrected chi connectivity index (χ1v) is 5.18. The summed E-state index contributed by atoms with van der Waals surface area (Å²) in [6.45, 7) is 0.713. The highest BCUT2D eigenvalue weighted by Gasteiger charge is 1.99. The zero-order valence-electron chi connectivity index (χ0n) is 7.99. The predicted octanol–water partition coefficient (Wildman–Crippen LogP) is 1.88. The van der Waals surface area contributed by atoms with Crippen molar-refractivity contribution >= 4 is 17.4 Å². The Bertz CT molecular complexity index is 346. The van der Waals surface area contributed by atoms with Gasteiger partial charge in [0.15, 0.2) is 0 Å². The highest BCUT2D eigenvalue weighted by molar-refractivity contribution is 7.99. The normalized spacial score (nSPS) is 9.71. The van der Waals surface area contributed by atoms with Crippen molar-refractivity contribution in [3.8, 4) is 6.07 Å². The first-order chi connectivity index (χ1) is 6.77. The number of hydrogen-bond donors (Lipinski definition) is 1. The van der Waals surface area contributed by atoms with Crippen LogP contribution in [0.25, 0.3) is 0 Å². The lowest BCUT2D eigenvalue weighted by molar-refractivity contribution is 0.218. The summed E-state index contributed by atoms with van der Waals surface area (Å²) in [6.07, 6.45) is 0. The molecule has 0 amide bonds. The Labute approximate surface area is 87.9 Å². The van der Waals surface area contributed by atoms with E-state index in [9.17, 15) is 0 Å². The number of nitriles is 1. The van der Waals surface area contributed by atoms with E-state index in [1.807, 2.05) is 18.2 Å². The molecule has 0 aliphatic rings. The Balaban J connectivity index is 2.63. The molecule has 0 aliphatic carbocycles. The number of methoxy groups -OCH3 is 1. The molecule has 1 aromatic rings. The van der Waals surface area contributed by atoms with Crippen LogP contribution in [0.2, 0.25) is 0 Å². The Hall–Kier alpha value is -1.18. The molecular weight excluding hydrogens is 196 g/mol. The van der Waals surface area contributed by atoms with Crippen LogP contribution in [0.3, 0.4) is 0 Å². The molecule has 1 aromatic carbocycles. The first-order valence-electron chi connectivity index (χ1n) is 4.19. The number of ether oxygens (including phenoxy) is 1. The Morgan fingerprint density at radius 1 is 1.57 bits per heavy atom. The summed E-state index contributed by atoms with van der Waals surface area (Å²) < 4.78 is 4.93. The molecule has 0 radical (unpaired) electrons. The molecule has 0 heterocycles. The van der Waals surface area contributed by atoms with Gasteiger partial charge >= 0.3 is 0 Å². The maximum absolute atomic E-state index is 8.67. The lowest BCUT2D eigenvalue weighted by Gasteiger charge is -2.03. The van der Waals surface area contributed by atoms with Crippen molar-refractivity contribution < 1.29 is 4.74 Å². The minimum atomic E-state index is 0.529. The van der Waals surface area contributed by atoms with Crippen LogP contribution in [0.15, 0.2) is 23.1 Å². The quantitative estimate of drug-likeness (QED) is 0.466. The van der Waals surface area contributed by atoms with Crippen LogP contribution in [-0.4, -0.2) is 19.5 Å². The second-order valence-corrected chi connectivity index (χ2v) is 3.87. The Kier molecular flexibility index (Phi) is 4.30. The van der Waals surface area contributed by atoms with E-state index in [1.165, 1.54) is 0 Å². The fourth-order valence-electron chi connectivity index (χ4n) is 0.975. The summed E-state index contributed by atoms with van der Waals surface area (Å²) in [5.74, 6) is 0.891. The van der Waals surface area contributed by atoms with Gasteiger partial charge in [0, 0.05) is 17.8 Å². The van der Waals surface area contributed by atoms with Gasteiger partial charge in [0.25, 0.3) is 0 Å². The van der Waals surface area contributed by atoms with Crippen molar-refractivity contribution in [2.24, 2.45) is 0 Å². The smallest absolute Gasteiger partial charge is 0.101 e. The molecule has 0 aliphatic heterocycles. The standard InChI is InChI=1S/C10H12N2OS/c1-13-4-5-14-9-3-2-8(7-11)10(12)6-9/h2-3,6H,4-5,12H2,1H3. The zero-order valence-corrected chi connectivity index (χ0v) is 8.80. The molecule has 4 heteroatoms. The molecule has 0 atom stereocenters. The number of nitrogens with zero attached hydrogens (tertiary/aromatic N) is 1. The number of thioether (sulfide) groups is 1. The monoisotopic (exact) mass is 208 g/mol. The van der Waals surface area contributed by atoms with Gasteiger partial charge in [-0.1, -0.05) is 0 Å². The van der Waals surface area contributed by atoms with Crippen molar-refractivity contribution in [3.05, 3.63) is 23.8 Å². The van der Waals surface area contributed by atoms with Gasteiger partial charge in [-0.3, -0.25) is 0 Å². The van der Waals surface area contributed by atoms with Crippen molar-refractivity contribution in [1.82, 2.24) is 0 Å². The molecule has 1 rings (SSSR count). The van der Waals surface area contributed by atoms with Crippen molar-refractivity contribution in [2.45, 2.75) is 4.90 Å². The lowest BCUT2D eigenvalue weighted by atomic mass is 10.2. The second kappa shape index (κ2) is 5.53. The maximum atomic E-state index is 8.67. The van der Waals surface area contributed by atoms with Gasteiger partial charge in [-0.25, -0.2) is 0 Å². The molecule has 14 heavy (non-hydrogen) atoms. The highest BCUT2D eigenvalue weighted by Crippen LogP contribution is 2.22. The Morgan fingerprint density at radius 2 is 2.36 bits per heavy atom. The lowest BCUT2D eigenvalue weighted by Crippen LogP contribution is -1.93. The number of hydrogen-bond acceptors (Lipinski definition) is 4. The van der Waals surface area contributed by atoms with Crippen molar-refractivity contribution in [1.29, 1.82) is 5.26 Å². The van der Waals surface area contributed by atoms with Crippen molar-refractivity contribution in [3.63, 3.8) is 0 Å². The van der Waals surface area contributed by atoms with E-state index in [1.54, 1.807) is 24.9 Å². The number of nitrogen functional groups attached to an aromatic ring is 1. The third-order valence-electron chi connectivity index (χ3n) is 1.70. The SMILES string of the molecule is COCCSc1ccc(C#N)c(N)c1. The minimum absolute atomic E-state index is 0.529. The second-order valence-electron chi connectivity index (χ2n) is 2.70. The maximum Gasteiger partial charge on any atom is 0.101 e. The van der Waals surface area contributed by atoms with Crippen LogP contribution in [-0.2, 0) is 4.74 Å². The van der Waals surface area contributed by atoms with Crippen LogP contribution in [0.4, 0.5) is 5.69 Å². The summed E-state index contributed by atoms with van der Waals surface area (Å²) >= 11 is 1.66. The van der Waals surface area contributed by atoms with Gasteiger partial charge < -0.3 is 10.5 Å². The molecule has 0 fully saturated rings. The van der Waals surface area contributed by atoms with E-state index in [4.69, 9.17) is 15.7 Å². The Morgan fingerprint density at radius 3 is 2.93 bits per heavy atom. The van der Waals surface area contributed by atoms with Crippen LogP contribution < -0.4 is 5.73 Å². The average molecular weight is 208 g/mol. The summed E-state index contributed by atoms with van der Waals surface area (Å²) in [4.78, 5) is 1.07. The molecule has 0 spiro atoms. The largest absolute Gasteiger partial charge is 0.398 e. The van der Waals surface area contributed by atoms with Crippen LogP contribution in [0.1, 0.15) is 5.56 Å². The van der Waals surface area contributed by atoms with Crippen LogP contribution in [0, 0.1) is 11.3 Å². The topological polar surface area (TPSA) is 59.0 Å². The van der Waals surface area contributed by atoms with E-state index in [0.717, 1.165) is 10.6 Å². The summed E-state index contributed by atoms with van der Waals surface area (Å²) in [5, 5.41) is 8.67. The average Bonchev–Trinajstić information content (AvgIpc) is 2.18. The van der Waals surface area contributed by atoms with E-state index in [2.05, 4.69) is 0 Å². The molecule has 74 valence electrons.